The van der Waals surface area contributed by atoms with Crippen molar-refractivity contribution in [1.29, 1.82) is 0 Å². The number of benzene rings is 3. The van der Waals surface area contributed by atoms with E-state index in [2.05, 4.69) is 65.2 Å². The molecule has 1 heterocycles. The fraction of sp³-hybridized carbons (Fsp3) is 0.308. The molecule has 1 aliphatic heterocycles. The number of aryl methyl sites for hydroxylation is 1. The molecule has 3 aromatic rings. The maximum atomic E-state index is 6.01. The molecule has 30 heavy (non-hydrogen) atoms. The average Bonchev–Trinajstić information content (AvgIpc) is 2.81. The van der Waals surface area contributed by atoms with Crippen LogP contribution < -0.4 is 9.47 Å². The summed E-state index contributed by atoms with van der Waals surface area (Å²) in [5, 5.41) is 0. The molecule has 4 rings (SSSR count). The Bertz CT molecular complexity index is 928. The molecule has 4 heteroatoms. The van der Waals surface area contributed by atoms with Gasteiger partial charge in [0.1, 0.15) is 18.1 Å². The van der Waals surface area contributed by atoms with Crippen LogP contribution in [0.3, 0.4) is 0 Å². The van der Waals surface area contributed by atoms with Gasteiger partial charge in [-0.2, -0.15) is 0 Å². The number of hydrogen-bond donors (Lipinski definition) is 0. The molecule has 3 nitrogen and oxygen atoms in total. The number of nitrogens with zero attached hydrogens (tertiary/aromatic N) is 1. The second-order valence-corrected chi connectivity index (χ2v) is 8.48. The summed E-state index contributed by atoms with van der Waals surface area (Å²) in [5.41, 5.74) is 5.36. The van der Waals surface area contributed by atoms with Gasteiger partial charge in [-0.1, -0.05) is 60.5 Å². The van der Waals surface area contributed by atoms with Crippen LogP contribution in [0, 0.1) is 0 Å². The van der Waals surface area contributed by atoms with Crippen LogP contribution in [0.15, 0.2) is 72.8 Å². The normalized spacial score (nSPS) is 13.6. The Balaban J connectivity index is 1.19. The molecule has 0 aromatic heterocycles. The topological polar surface area (TPSA) is 21.7 Å². The SMILES string of the molecule is CSN1CCc2cc(OCCCc3ccc(OCc4ccccc4)cc3)ccc2C1. The summed E-state index contributed by atoms with van der Waals surface area (Å²) in [4.78, 5) is 0. The molecule has 0 saturated heterocycles. The van der Waals surface area contributed by atoms with Gasteiger partial charge >= 0.3 is 0 Å². The van der Waals surface area contributed by atoms with Crippen molar-refractivity contribution >= 4 is 11.9 Å². The highest BCUT2D eigenvalue weighted by molar-refractivity contribution is 7.96. The molecule has 0 amide bonds. The van der Waals surface area contributed by atoms with Crippen LogP contribution in [0.4, 0.5) is 0 Å². The Morgan fingerprint density at radius 3 is 2.43 bits per heavy atom. The summed E-state index contributed by atoms with van der Waals surface area (Å²) in [6, 6.07) is 25.2. The van der Waals surface area contributed by atoms with Gasteiger partial charge in [-0.3, -0.25) is 0 Å². The first kappa shape index (κ1) is 20.8. The predicted octanol–water partition coefficient (Wildman–Crippen LogP) is 5.91. The quantitative estimate of drug-likeness (QED) is 0.317. The van der Waals surface area contributed by atoms with E-state index in [1.54, 1.807) is 0 Å². The molecule has 3 aromatic carbocycles. The first-order chi connectivity index (χ1) is 14.8. The highest BCUT2D eigenvalue weighted by Crippen LogP contribution is 2.26. The van der Waals surface area contributed by atoms with Crippen molar-refractivity contribution in [2.75, 3.05) is 19.4 Å². The Morgan fingerprint density at radius 2 is 1.63 bits per heavy atom. The summed E-state index contributed by atoms with van der Waals surface area (Å²) in [6.07, 6.45) is 5.26. The van der Waals surface area contributed by atoms with Gasteiger partial charge in [-0.15, -0.1) is 0 Å². The molecule has 0 atom stereocenters. The fourth-order valence-corrected chi connectivity index (χ4v) is 4.25. The van der Waals surface area contributed by atoms with Gasteiger partial charge in [-0.25, -0.2) is 4.31 Å². The molecule has 0 saturated carbocycles. The molecule has 0 bridgehead atoms. The minimum atomic E-state index is 0.601. The zero-order valence-electron chi connectivity index (χ0n) is 17.5. The van der Waals surface area contributed by atoms with E-state index in [-0.39, 0.29) is 0 Å². The summed E-state index contributed by atoms with van der Waals surface area (Å²) in [6.45, 7) is 3.48. The molecule has 0 radical (unpaired) electrons. The van der Waals surface area contributed by atoms with E-state index in [0.29, 0.717) is 6.61 Å². The number of fused-ring (bicyclic) bond motifs is 1. The van der Waals surface area contributed by atoms with Gasteiger partial charge < -0.3 is 9.47 Å². The van der Waals surface area contributed by atoms with E-state index in [1.165, 1.54) is 22.3 Å². The summed E-state index contributed by atoms with van der Waals surface area (Å²) in [5.74, 6) is 1.91. The van der Waals surface area contributed by atoms with Gasteiger partial charge in [0.05, 0.1) is 6.61 Å². The highest BCUT2D eigenvalue weighted by Gasteiger charge is 2.15. The third-order valence-corrected chi connectivity index (χ3v) is 6.29. The van der Waals surface area contributed by atoms with Crippen LogP contribution in [0.2, 0.25) is 0 Å². The third-order valence-electron chi connectivity index (χ3n) is 5.46. The van der Waals surface area contributed by atoms with Crippen molar-refractivity contribution in [3.05, 3.63) is 95.1 Å². The number of ether oxygens (including phenoxy) is 2. The monoisotopic (exact) mass is 419 g/mol. The van der Waals surface area contributed by atoms with Crippen LogP contribution in [0.25, 0.3) is 0 Å². The smallest absolute Gasteiger partial charge is 0.119 e. The van der Waals surface area contributed by atoms with Gasteiger partial charge in [0.25, 0.3) is 0 Å². The summed E-state index contributed by atoms with van der Waals surface area (Å²) < 4.78 is 14.3. The van der Waals surface area contributed by atoms with E-state index in [0.717, 1.165) is 50.5 Å². The van der Waals surface area contributed by atoms with E-state index < -0.39 is 0 Å². The maximum absolute atomic E-state index is 6.01. The predicted molar refractivity (Wildman–Crippen MR) is 125 cm³/mol. The van der Waals surface area contributed by atoms with Gasteiger partial charge in [0.2, 0.25) is 0 Å². The van der Waals surface area contributed by atoms with Crippen LogP contribution in [-0.2, 0) is 26.0 Å². The number of rotatable bonds is 9. The molecular formula is C26H29NO2S. The van der Waals surface area contributed by atoms with E-state index >= 15 is 0 Å². The minimum Gasteiger partial charge on any atom is -0.494 e. The van der Waals surface area contributed by atoms with Crippen molar-refractivity contribution in [1.82, 2.24) is 4.31 Å². The summed E-state index contributed by atoms with van der Waals surface area (Å²) in [7, 11) is 0. The molecule has 0 N–H and O–H groups in total. The molecule has 0 spiro atoms. The highest BCUT2D eigenvalue weighted by atomic mass is 32.2. The van der Waals surface area contributed by atoms with E-state index in [1.807, 2.05) is 30.1 Å². The minimum absolute atomic E-state index is 0.601. The van der Waals surface area contributed by atoms with Crippen molar-refractivity contribution in [3.63, 3.8) is 0 Å². The summed E-state index contributed by atoms with van der Waals surface area (Å²) >= 11 is 1.82. The zero-order chi connectivity index (χ0) is 20.6. The second-order valence-electron chi connectivity index (χ2n) is 7.60. The second kappa shape index (κ2) is 10.6. The van der Waals surface area contributed by atoms with Gasteiger partial charge in [-0.05, 0) is 72.0 Å². The Morgan fingerprint density at radius 1 is 0.833 bits per heavy atom. The first-order valence-electron chi connectivity index (χ1n) is 10.6. The van der Waals surface area contributed by atoms with Crippen molar-refractivity contribution in [3.8, 4) is 11.5 Å². The number of hydrogen-bond acceptors (Lipinski definition) is 4. The van der Waals surface area contributed by atoms with Gasteiger partial charge in [0, 0.05) is 13.1 Å². The Kier molecular flexibility index (Phi) is 7.33. The Hall–Kier alpha value is -2.43. The maximum Gasteiger partial charge on any atom is 0.119 e. The van der Waals surface area contributed by atoms with E-state index in [4.69, 9.17) is 9.47 Å². The lowest BCUT2D eigenvalue weighted by Gasteiger charge is -2.26. The van der Waals surface area contributed by atoms with Crippen molar-refractivity contribution in [2.45, 2.75) is 32.4 Å². The van der Waals surface area contributed by atoms with Crippen LogP contribution in [0.1, 0.15) is 28.7 Å². The van der Waals surface area contributed by atoms with Crippen molar-refractivity contribution < 1.29 is 9.47 Å². The molecular weight excluding hydrogens is 390 g/mol. The van der Waals surface area contributed by atoms with Crippen LogP contribution in [-0.4, -0.2) is 23.7 Å². The third kappa shape index (κ3) is 5.80. The lowest BCUT2D eigenvalue weighted by molar-refractivity contribution is 0.305. The van der Waals surface area contributed by atoms with Gasteiger partial charge in [0.15, 0.2) is 0 Å². The average molecular weight is 420 g/mol. The van der Waals surface area contributed by atoms with Crippen molar-refractivity contribution in [2.24, 2.45) is 0 Å². The molecule has 0 fully saturated rings. The lowest BCUT2D eigenvalue weighted by atomic mass is 10.0. The molecule has 1 aliphatic rings. The molecule has 156 valence electrons. The lowest BCUT2D eigenvalue weighted by Crippen LogP contribution is -2.24. The Labute approximate surface area is 184 Å². The zero-order valence-corrected chi connectivity index (χ0v) is 18.4. The fourth-order valence-electron chi connectivity index (χ4n) is 3.71. The first-order valence-corrected chi connectivity index (χ1v) is 11.8. The van der Waals surface area contributed by atoms with Crippen LogP contribution >= 0.6 is 11.9 Å². The largest absolute Gasteiger partial charge is 0.494 e. The van der Waals surface area contributed by atoms with E-state index in [9.17, 15) is 0 Å². The standard InChI is InChI=1S/C26H29NO2S/c1-30-27-16-15-23-18-26(14-11-24(23)19-27)28-17-5-8-21-9-12-25(13-10-21)29-20-22-6-3-2-4-7-22/h2-4,6-7,9-14,18H,5,8,15-17,19-20H2,1H3. The molecule has 0 aliphatic carbocycles. The van der Waals surface area contributed by atoms with Crippen LogP contribution in [0.5, 0.6) is 11.5 Å². The molecule has 0 unspecified atom stereocenters.